The van der Waals surface area contributed by atoms with E-state index in [9.17, 15) is 4.39 Å². The fourth-order valence-corrected chi connectivity index (χ4v) is 2.99. The molecule has 6 heteroatoms. The number of rotatable bonds is 6. The maximum absolute atomic E-state index is 12.9. The minimum Gasteiger partial charge on any atom is -0.489 e. The molecular formula is C22H18FNO3S. The third-order valence-corrected chi connectivity index (χ3v) is 4.71. The summed E-state index contributed by atoms with van der Waals surface area (Å²) in [5, 5.41) is 3.25. The monoisotopic (exact) mass is 395 g/mol. The van der Waals surface area contributed by atoms with Gasteiger partial charge in [0, 0.05) is 12.1 Å². The molecule has 1 aliphatic heterocycles. The molecule has 1 aliphatic rings. The Morgan fingerprint density at radius 3 is 2.43 bits per heavy atom. The Morgan fingerprint density at radius 1 is 0.929 bits per heavy atom. The largest absolute Gasteiger partial charge is 0.489 e. The molecule has 0 saturated heterocycles. The second-order valence-electron chi connectivity index (χ2n) is 6.31. The van der Waals surface area contributed by atoms with Gasteiger partial charge in [-0.05, 0) is 59.7 Å². The molecular weight excluding hydrogens is 377 g/mol. The summed E-state index contributed by atoms with van der Waals surface area (Å²) in [5.41, 5.74) is 2.88. The van der Waals surface area contributed by atoms with Gasteiger partial charge in [0.15, 0.2) is 11.5 Å². The summed E-state index contributed by atoms with van der Waals surface area (Å²) in [4.78, 5) is 0.655. The van der Waals surface area contributed by atoms with Gasteiger partial charge in [-0.2, -0.15) is 0 Å². The fourth-order valence-electron chi connectivity index (χ4n) is 2.79. The van der Waals surface area contributed by atoms with Gasteiger partial charge in [-0.15, -0.1) is 0 Å². The Hall–Kier alpha value is -3.12. The maximum Gasteiger partial charge on any atom is 0.231 e. The van der Waals surface area contributed by atoms with Crippen molar-refractivity contribution in [1.82, 2.24) is 5.32 Å². The molecule has 3 aromatic carbocycles. The molecule has 0 fully saturated rings. The van der Waals surface area contributed by atoms with Crippen LogP contribution in [0.5, 0.6) is 17.2 Å². The maximum atomic E-state index is 12.9. The van der Waals surface area contributed by atoms with Crippen molar-refractivity contribution in [2.24, 2.45) is 0 Å². The first-order chi connectivity index (χ1) is 13.7. The first kappa shape index (κ1) is 18.3. The van der Waals surface area contributed by atoms with Crippen LogP contribution in [0.15, 0.2) is 66.7 Å². The highest BCUT2D eigenvalue weighted by atomic mass is 32.1. The quantitative estimate of drug-likeness (QED) is 0.618. The standard InChI is InChI=1S/C22H18FNO3S/c23-18-6-1-15(2-7-18)13-25-19-8-4-17(5-9-19)22(28)24-12-16-3-10-20-21(11-16)27-14-26-20/h1-11H,12-14H2,(H,24,28). The predicted octanol–water partition coefficient (Wildman–Crippen LogP) is 4.60. The lowest BCUT2D eigenvalue weighted by Gasteiger charge is -2.10. The molecule has 0 saturated carbocycles. The Morgan fingerprint density at radius 2 is 1.64 bits per heavy atom. The van der Waals surface area contributed by atoms with E-state index in [0.29, 0.717) is 18.1 Å². The van der Waals surface area contributed by atoms with Crippen molar-refractivity contribution >= 4 is 17.2 Å². The molecule has 4 nitrogen and oxygen atoms in total. The zero-order chi connectivity index (χ0) is 19.3. The van der Waals surface area contributed by atoms with Crippen LogP contribution in [0.3, 0.4) is 0 Å². The van der Waals surface area contributed by atoms with Gasteiger partial charge in [-0.25, -0.2) is 4.39 Å². The van der Waals surface area contributed by atoms with Crippen LogP contribution in [-0.2, 0) is 13.2 Å². The number of benzene rings is 3. The lowest BCUT2D eigenvalue weighted by molar-refractivity contribution is 0.174. The van der Waals surface area contributed by atoms with Crippen molar-refractivity contribution in [3.8, 4) is 17.2 Å². The van der Waals surface area contributed by atoms with Crippen molar-refractivity contribution in [2.75, 3.05) is 6.79 Å². The highest BCUT2D eigenvalue weighted by molar-refractivity contribution is 7.80. The van der Waals surface area contributed by atoms with E-state index >= 15 is 0 Å². The Balaban J connectivity index is 1.30. The summed E-state index contributed by atoms with van der Waals surface area (Å²) >= 11 is 5.47. The van der Waals surface area contributed by atoms with Crippen molar-refractivity contribution in [1.29, 1.82) is 0 Å². The highest BCUT2D eigenvalue weighted by Gasteiger charge is 2.13. The van der Waals surface area contributed by atoms with Crippen LogP contribution < -0.4 is 19.5 Å². The van der Waals surface area contributed by atoms with Crippen LogP contribution in [-0.4, -0.2) is 11.8 Å². The number of thiocarbonyl (C=S) groups is 1. The number of ether oxygens (including phenoxy) is 3. The number of fused-ring (bicyclic) bond motifs is 1. The van der Waals surface area contributed by atoms with Gasteiger partial charge in [-0.1, -0.05) is 30.4 Å². The van der Waals surface area contributed by atoms with Gasteiger partial charge in [0.05, 0.1) is 0 Å². The van der Waals surface area contributed by atoms with E-state index in [1.807, 2.05) is 42.5 Å². The Bertz CT molecular complexity index is 974. The van der Waals surface area contributed by atoms with E-state index in [1.165, 1.54) is 12.1 Å². The molecule has 3 aromatic rings. The number of hydrogen-bond donors (Lipinski definition) is 1. The second kappa shape index (κ2) is 8.27. The van der Waals surface area contributed by atoms with E-state index in [0.717, 1.165) is 33.9 Å². The molecule has 0 spiro atoms. The van der Waals surface area contributed by atoms with E-state index in [2.05, 4.69) is 5.32 Å². The van der Waals surface area contributed by atoms with Gasteiger partial charge in [0.1, 0.15) is 23.2 Å². The van der Waals surface area contributed by atoms with E-state index in [4.69, 9.17) is 26.4 Å². The van der Waals surface area contributed by atoms with Gasteiger partial charge in [0.2, 0.25) is 6.79 Å². The van der Waals surface area contributed by atoms with Crippen molar-refractivity contribution in [2.45, 2.75) is 13.2 Å². The predicted molar refractivity (Wildman–Crippen MR) is 108 cm³/mol. The normalized spacial score (nSPS) is 11.9. The summed E-state index contributed by atoms with van der Waals surface area (Å²) in [5.74, 6) is 2.00. The third kappa shape index (κ3) is 4.40. The van der Waals surface area contributed by atoms with Gasteiger partial charge in [0.25, 0.3) is 0 Å². The molecule has 0 aliphatic carbocycles. The van der Waals surface area contributed by atoms with Gasteiger partial charge >= 0.3 is 0 Å². The lowest BCUT2D eigenvalue weighted by atomic mass is 10.2. The average Bonchev–Trinajstić information content (AvgIpc) is 3.20. The molecule has 0 aromatic heterocycles. The fraction of sp³-hybridized carbons (Fsp3) is 0.136. The minimum absolute atomic E-state index is 0.255. The first-order valence-electron chi connectivity index (χ1n) is 8.81. The van der Waals surface area contributed by atoms with Crippen LogP contribution in [0.1, 0.15) is 16.7 Å². The zero-order valence-electron chi connectivity index (χ0n) is 15.0. The molecule has 0 radical (unpaired) electrons. The molecule has 0 bridgehead atoms. The summed E-state index contributed by atoms with van der Waals surface area (Å²) < 4.78 is 29.4. The first-order valence-corrected chi connectivity index (χ1v) is 9.22. The molecule has 28 heavy (non-hydrogen) atoms. The number of hydrogen-bond acceptors (Lipinski definition) is 4. The van der Waals surface area contributed by atoms with E-state index in [-0.39, 0.29) is 12.6 Å². The second-order valence-corrected chi connectivity index (χ2v) is 6.72. The molecule has 1 heterocycles. The zero-order valence-corrected chi connectivity index (χ0v) is 15.8. The Labute approximate surface area is 167 Å². The summed E-state index contributed by atoms with van der Waals surface area (Å²) in [6.45, 7) is 1.24. The molecule has 0 atom stereocenters. The van der Waals surface area contributed by atoms with Crippen LogP contribution >= 0.6 is 12.2 Å². The number of halogens is 1. The Kier molecular flexibility index (Phi) is 5.39. The number of nitrogens with one attached hydrogen (secondary N) is 1. The average molecular weight is 395 g/mol. The van der Waals surface area contributed by atoms with Crippen molar-refractivity contribution in [3.63, 3.8) is 0 Å². The molecule has 0 amide bonds. The van der Waals surface area contributed by atoms with Gasteiger partial charge in [-0.3, -0.25) is 0 Å². The van der Waals surface area contributed by atoms with Crippen LogP contribution in [0.2, 0.25) is 0 Å². The summed E-state index contributed by atoms with van der Waals surface area (Å²) in [6.07, 6.45) is 0. The minimum atomic E-state index is -0.255. The van der Waals surface area contributed by atoms with E-state index in [1.54, 1.807) is 12.1 Å². The molecule has 0 unspecified atom stereocenters. The van der Waals surface area contributed by atoms with Crippen LogP contribution in [0.25, 0.3) is 0 Å². The van der Waals surface area contributed by atoms with Crippen molar-refractivity contribution in [3.05, 3.63) is 89.2 Å². The highest BCUT2D eigenvalue weighted by Crippen LogP contribution is 2.32. The third-order valence-electron chi connectivity index (χ3n) is 4.33. The molecule has 1 N–H and O–H groups in total. The smallest absolute Gasteiger partial charge is 0.231 e. The van der Waals surface area contributed by atoms with Gasteiger partial charge < -0.3 is 19.5 Å². The van der Waals surface area contributed by atoms with E-state index < -0.39 is 0 Å². The van der Waals surface area contributed by atoms with Crippen LogP contribution in [0, 0.1) is 5.82 Å². The lowest BCUT2D eigenvalue weighted by Crippen LogP contribution is -2.21. The topological polar surface area (TPSA) is 39.7 Å². The molecule has 142 valence electrons. The van der Waals surface area contributed by atoms with Crippen molar-refractivity contribution < 1.29 is 18.6 Å². The van der Waals surface area contributed by atoms with Crippen LogP contribution in [0.4, 0.5) is 4.39 Å². The SMILES string of the molecule is Fc1ccc(COc2ccc(C(=S)NCc3ccc4c(c3)OCO4)cc2)cc1. The summed E-state index contributed by atoms with van der Waals surface area (Å²) in [6, 6.07) is 19.6. The summed E-state index contributed by atoms with van der Waals surface area (Å²) in [7, 11) is 0. The molecule has 4 rings (SSSR count).